The molecule has 2 unspecified atom stereocenters. The number of carbonyl (C=O) groups excluding carboxylic acids is 3. The number of carboxylic acids is 1. The van der Waals surface area contributed by atoms with Crippen LogP contribution in [0.15, 0.2) is 84.2 Å². The third-order valence-corrected chi connectivity index (χ3v) is 9.14. The summed E-state index contributed by atoms with van der Waals surface area (Å²) in [5.41, 5.74) is 4.60. The number of urea groups is 1. The minimum Gasteiger partial charge on any atom is -0.495 e. The van der Waals surface area contributed by atoms with Crippen molar-refractivity contribution in [1.29, 1.82) is 0 Å². The van der Waals surface area contributed by atoms with Gasteiger partial charge in [0.05, 0.1) is 30.0 Å². The second-order valence-electron chi connectivity index (χ2n) is 11.1. The van der Waals surface area contributed by atoms with Gasteiger partial charge >= 0.3 is 12.0 Å². The van der Waals surface area contributed by atoms with Gasteiger partial charge in [0.15, 0.2) is 0 Å². The zero-order chi connectivity index (χ0) is 31.5. The Bertz CT molecular complexity index is 1740. The number of methoxy groups -OCH3 is 1. The molecule has 2 aliphatic heterocycles. The highest BCUT2D eigenvalue weighted by Gasteiger charge is 2.40. The number of para-hydroxylation sites is 1. The number of aliphatic carboxylic acids is 1. The largest absolute Gasteiger partial charge is 0.495 e. The van der Waals surface area contributed by atoms with Gasteiger partial charge in [-0.3, -0.25) is 19.3 Å². The number of amides is 4. The quantitative estimate of drug-likeness (QED) is 0.239. The lowest BCUT2D eigenvalue weighted by Gasteiger charge is -2.19. The summed E-state index contributed by atoms with van der Waals surface area (Å²) in [6.07, 6.45) is 0.881. The molecule has 230 valence electrons. The maximum Gasteiger partial charge on any atom is 0.326 e. The van der Waals surface area contributed by atoms with E-state index >= 15 is 0 Å². The van der Waals surface area contributed by atoms with Crippen molar-refractivity contribution in [3.05, 3.63) is 106 Å². The van der Waals surface area contributed by atoms with Crippen molar-refractivity contribution >= 4 is 52.2 Å². The molecule has 6 rings (SSSR count). The molecule has 1 fully saturated rings. The number of anilines is 3. The minimum absolute atomic E-state index is 0.0787. The van der Waals surface area contributed by atoms with Crippen LogP contribution in [0.3, 0.4) is 0 Å². The van der Waals surface area contributed by atoms with Gasteiger partial charge in [-0.1, -0.05) is 42.5 Å². The number of ether oxygens (including phenoxy) is 1. The number of hydrogen-bond acceptors (Lipinski definition) is 6. The fraction of sp³-hybridized carbons (Fsp3) is 0.235. The molecule has 1 aromatic heterocycles. The van der Waals surface area contributed by atoms with Crippen LogP contribution in [0.2, 0.25) is 0 Å². The summed E-state index contributed by atoms with van der Waals surface area (Å²) in [6.45, 7) is 1.05. The molecular formula is C34H32N4O6S. The van der Waals surface area contributed by atoms with Gasteiger partial charge in [0.1, 0.15) is 5.75 Å². The Balaban J connectivity index is 1.07. The highest BCUT2D eigenvalue weighted by atomic mass is 32.1. The number of likely N-dealkylation sites (tertiary alicyclic amines) is 1. The van der Waals surface area contributed by atoms with E-state index in [0.29, 0.717) is 40.7 Å². The molecule has 3 aromatic carbocycles. The summed E-state index contributed by atoms with van der Waals surface area (Å²) in [5.74, 6) is -1.98. The third kappa shape index (κ3) is 6.39. The minimum atomic E-state index is -0.943. The Morgan fingerprint density at radius 2 is 1.76 bits per heavy atom. The molecule has 4 aromatic rings. The van der Waals surface area contributed by atoms with Crippen LogP contribution in [0.4, 0.5) is 21.9 Å². The summed E-state index contributed by atoms with van der Waals surface area (Å²) < 4.78 is 5.52. The lowest BCUT2D eigenvalue weighted by molar-refractivity contribution is -0.141. The predicted molar refractivity (Wildman–Crippen MR) is 172 cm³/mol. The van der Waals surface area contributed by atoms with E-state index in [-0.39, 0.29) is 36.7 Å². The van der Waals surface area contributed by atoms with E-state index in [2.05, 4.69) is 10.6 Å². The van der Waals surface area contributed by atoms with Crippen molar-refractivity contribution in [2.24, 2.45) is 5.92 Å². The monoisotopic (exact) mass is 624 g/mol. The number of nitrogens with zero attached hydrogens (tertiary/aromatic N) is 2. The Hall–Kier alpha value is -5.16. The van der Waals surface area contributed by atoms with Crippen molar-refractivity contribution in [3.8, 4) is 5.75 Å². The number of benzene rings is 3. The SMILES string of the molecule is COc1cc(CC(=O)Nc2ccc(C3CN(C(=O)c4cccs4)CC3C(=O)O)cc2)ccc1NC(=O)N1CCc2ccccc21. The Morgan fingerprint density at radius 3 is 2.49 bits per heavy atom. The van der Waals surface area contributed by atoms with E-state index in [1.165, 1.54) is 18.4 Å². The van der Waals surface area contributed by atoms with Crippen LogP contribution in [0.5, 0.6) is 5.75 Å². The van der Waals surface area contributed by atoms with Gasteiger partial charge in [0, 0.05) is 36.9 Å². The molecule has 11 heteroatoms. The number of carboxylic acid groups (broad SMARTS) is 1. The number of thiophene rings is 1. The second-order valence-corrected chi connectivity index (χ2v) is 12.0. The van der Waals surface area contributed by atoms with Crippen molar-refractivity contribution < 1.29 is 29.0 Å². The summed E-state index contributed by atoms with van der Waals surface area (Å²) in [7, 11) is 1.51. The molecule has 2 aliphatic rings. The van der Waals surface area contributed by atoms with Crippen LogP contribution in [-0.2, 0) is 22.4 Å². The fourth-order valence-corrected chi connectivity index (χ4v) is 6.69. The molecule has 0 radical (unpaired) electrons. The van der Waals surface area contributed by atoms with Crippen LogP contribution < -0.4 is 20.3 Å². The number of rotatable bonds is 8. The highest BCUT2D eigenvalue weighted by Crippen LogP contribution is 2.35. The number of nitrogens with one attached hydrogen (secondary N) is 2. The molecule has 3 N–H and O–H groups in total. The molecule has 45 heavy (non-hydrogen) atoms. The zero-order valence-corrected chi connectivity index (χ0v) is 25.4. The smallest absolute Gasteiger partial charge is 0.326 e. The van der Waals surface area contributed by atoms with Crippen LogP contribution in [0.1, 0.15) is 32.3 Å². The molecular weight excluding hydrogens is 592 g/mol. The van der Waals surface area contributed by atoms with Gasteiger partial charge in [-0.05, 0) is 64.9 Å². The van der Waals surface area contributed by atoms with Crippen molar-refractivity contribution in [2.75, 3.05) is 42.3 Å². The van der Waals surface area contributed by atoms with Crippen LogP contribution in [0, 0.1) is 5.92 Å². The Labute approximate surface area is 264 Å². The van der Waals surface area contributed by atoms with Gasteiger partial charge in [0.25, 0.3) is 5.91 Å². The molecule has 1 saturated heterocycles. The second kappa shape index (κ2) is 12.8. The topological polar surface area (TPSA) is 128 Å². The Morgan fingerprint density at radius 1 is 0.956 bits per heavy atom. The van der Waals surface area contributed by atoms with E-state index in [1.54, 1.807) is 64.4 Å². The van der Waals surface area contributed by atoms with E-state index in [1.807, 2.05) is 29.6 Å². The molecule has 0 aliphatic carbocycles. The summed E-state index contributed by atoms with van der Waals surface area (Å²) >= 11 is 1.34. The van der Waals surface area contributed by atoms with Crippen molar-refractivity contribution in [1.82, 2.24) is 4.90 Å². The molecule has 0 saturated carbocycles. The van der Waals surface area contributed by atoms with Crippen LogP contribution >= 0.6 is 11.3 Å². The van der Waals surface area contributed by atoms with Crippen LogP contribution in [-0.4, -0.2) is 60.6 Å². The summed E-state index contributed by atoms with van der Waals surface area (Å²) in [6, 6.07) is 23.4. The molecule has 10 nitrogen and oxygen atoms in total. The maximum absolute atomic E-state index is 13.0. The first-order valence-electron chi connectivity index (χ1n) is 14.6. The zero-order valence-electron chi connectivity index (χ0n) is 24.6. The predicted octanol–water partition coefficient (Wildman–Crippen LogP) is 5.47. The third-order valence-electron chi connectivity index (χ3n) is 8.28. The lowest BCUT2D eigenvalue weighted by Crippen LogP contribution is -2.33. The molecule has 0 spiro atoms. The fourth-order valence-electron chi connectivity index (χ4n) is 6.00. The van der Waals surface area contributed by atoms with Crippen molar-refractivity contribution in [3.63, 3.8) is 0 Å². The van der Waals surface area contributed by atoms with E-state index in [4.69, 9.17) is 4.74 Å². The van der Waals surface area contributed by atoms with E-state index in [0.717, 1.165) is 23.2 Å². The average Bonchev–Trinajstić information content (AvgIpc) is 3.82. The van der Waals surface area contributed by atoms with Gasteiger partial charge in [0.2, 0.25) is 5.91 Å². The molecule has 0 bridgehead atoms. The van der Waals surface area contributed by atoms with Gasteiger partial charge < -0.3 is 25.4 Å². The van der Waals surface area contributed by atoms with E-state index < -0.39 is 11.9 Å². The van der Waals surface area contributed by atoms with Gasteiger partial charge in [-0.25, -0.2) is 4.79 Å². The maximum atomic E-state index is 13.0. The van der Waals surface area contributed by atoms with Gasteiger partial charge in [-0.15, -0.1) is 11.3 Å². The van der Waals surface area contributed by atoms with Crippen molar-refractivity contribution in [2.45, 2.75) is 18.8 Å². The first kappa shape index (κ1) is 29.9. The first-order chi connectivity index (χ1) is 21.8. The van der Waals surface area contributed by atoms with Gasteiger partial charge in [-0.2, -0.15) is 0 Å². The molecule has 3 heterocycles. The van der Waals surface area contributed by atoms with Crippen LogP contribution in [0.25, 0.3) is 0 Å². The summed E-state index contributed by atoms with van der Waals surface area (Å²) in [4.78, 5) is 54.7. The highest BCUT2D eigenvalue weighted by molar-refractivity contribution is 7.12. The standard InChI is InChI=1S/C34H32N4O6S/c1-44-29-17-21(8-13-27(29)36-34(43)38-15-14-23-5-2-3-6-28(23)38)18-31(39)35-24-11-9-22(10-12-24)25-19-37(20-26(25)33(41)42)32(40)30-7-4-16-45-30/h2-13,16-17,25-26H,14-15,18-20H2,1H3,(H,35,39)(H,36,43)(H,41,42). The Kier molecular flexibility index (Phi) is 8.52. The number of hydrogen-bond donors (Lipinski definition) is 3. The number of fused-ring (bicyclic) bond motifs is 1. The lowest BCUT2D eigenvalue weighted by atomic mass is 9.89. The normalized spacial score (nSPS) is 17.1. The average molecular weight is 625 g/mol. The molecule has 4 amide bonds. The summed E-state index contributed by atoms with van der Waals surface area (Å²) in [5, 5.41) is 17.5. The first-order valence-corrected chi connectivity index (χ1v) is 15.5. The number of carbonyl (C=O) groups is 4. The van der Waals surface area contributed by atoms with E-state index in [9.17, 15) is 24.3 Å². The molecule has 2 atom stereocenters.